The SMILES string of the molecule is Cc1ccc(S(=O)(=O)N2CCCC(C)(O)CC2)c(Br)c1. The van der Waals surface area contributed by atoms with E-state index < -0.39 is 15.6 Å². The molecular formula is C14H20BrNO3S. The van der Waals surface area contributed by atoms with Gasteiger partial charge < -0.3 is 5.11 Å². The maximum Gasteiger partial charge on any atom is 0.244 e. The van der Waals surface area contributed by atoms with Crippen molar-refractivity contribution in [2.24, 2.45) is 0 Å². The molecule has 0 saturated carbocycles. The zero-order valence-corrected chi connectivity index (χ0v) is 14.2. The molecule has 0 aromatic heterocycles. The lowest BCUT2D eigenvalue weighted by atomic mass is 9.98. The van der Waals surface area contributed by atoms with E-state index in [4.69, 9.17) is 0 Å². The molecule has 1 fully saturated rings. The highest BCUT2D eigenvalue weighted by atomic mass is 79.9. The van der Waals surface area contributed by atoms with Crippen LogP contribution >= 0.6 is 15.9 Å². The summed E-state index contributed by atoms with van der Waals surface area (Å²) in [6, 6.07) is 5.24. The number of hydrogen-bond acceptors (Lipinski definition) is 3. The Kier molecular flexibility index (Phi) is 4.59. The fraction of sp³-hybridized carbons (Fsp3) is 0.571. The standard InChI is InChI=1S/C14H20BrNO3S/c1-11-4-5-13(12(15)10-11)20(18,19)16-8-3-6-14(2,17)7-9-16/h4-5,10,17H,3,6-9H2,1-2H3. The van der Waals surface area contributed by atoms with Crippen molar-refractivity contribution in [2.45, 2.75) is 43.6 Å². The zero-order chi connectivity index (χ0) is 15.0. The van der Waals surface area contributed by atoms with Crippen LogP contribution in [0.4, 0.5) is 0 Å². The second-order valence-electron chi connectivity index (χ2n) is 5.69. The molecule has 112 valence electrons. The largest absolute Gasteiger partial charge is 0.390 e. The lowest BCUT2D eigenvalue weighted by Crippen LogP contribution is -2.33. The molecule has 2 rings (SSSR count). The van der Waals surface area contributed by atoms with Gasteiger partial charge in [-0.25, -0.2) is 8.42 Å². The number of aryl methyl sites for hydroxylation is 1. The van der Waals surface area contributed by atoms with Crippen LogP contribution < -0.4 is 0 Å². The van der Waals surface area contributed by atoms with E-state index in [1.807, 2.05) is 6.92 Å². The Morgan fingerprint density at radius 3 is 2.65 bits per heavy atom. The monoisotopic (exact) mass is 361 g/mol. The fourth-order valence-corrected chi connectivity index (χ4v) is 5.06. The van der Waals surface area contributed by atoms with E-state index in [9.17, 15) is 13.5 Å². The van der Waals surface area contributed by atoms with Gasteiger partial charge in [0.1, 0.15) is 0 Å². The topological polar surface area (TPSA) is 57.6 Å². The molecule has 1 atom stereocenters. The normalized spacial score (nSPS) is 25.4. The molecule has 4 nitrogen and oxygen atoms in total. The van der Waals surface area contributed by atoms with Gasteiger partial charge in [-0.05, 0) is 66.7 Å². The molecule has 0 radical (unpaired) electrons. The van der Waals surface area contributed by atoms with Crippen LogP contribution in [-0.4, -0.2) is 36.5 Å². The molecule has 1 heterocycles. The second kappa shape index (κ2) is 5.75. The average molecular weight is 362 g/mol. The highest BCUT2D eigenvalue weighted by molar-refractivity contribution is 9.10. The molecule has 1 N–H and O–H groups in total. The van der Waals surface area contributed by atoms with E-state index in [-0.39, 0.29) is 0 Å². The first-order valence-corrected chi connectivity index (χ1v) is 8.94. The van der Waals surface area contributed by atoms with Crippen molar-refractivity contribution in [3.05, 3.63) is 28.2 Å². The Labute approximate surface area is 129 Å². The summed E-state index contributed by atoms with van der Waals surface area (Å²) < 4.78 is 27.5. The van der Waals surface area contributed by atoms with Crippen LogP contribution in [0, 0.1) is 6.92 Å². The van der Waals surface area contributed by atoms with Gasteiger partial charge in [-0.15, -0.1) is 0 Å². The van der Waals surface area contributed by atoms with Crippen LogP contribution in [0.25, 0.3) is 0 Å². The van der Waals surface area contributed by atoms with Crippen LogP contribution in [0.3, 0.4) is 0 Å². The van der Waals surface area contributed by atoms with E-state index in [2.05, 4.69) is 15.9 Å². The minimum absolute atomic E-state index is 0.296. The van der Waals surface area contributed by atoms with E-state index in [0.29, 0.717) is 41.7 Å². The molecule has 0 aliphatic carbocycles. The van der Waals surface area contributed by atoms with E-state index in [1.165, 1.54) is 4.31 Å². The minimum atomic E-state index is -3.51. The summed E-state index contributed by atoms with van der Waals surface area (Å²) in [6.07, 6.45) is 1.78. The molecule has 1 aliphatic rings. The van der Waals surface area contributed by atoms with Gasteiger partial charge in [0.15, 0.2) is 0 Å². The zero-order valence-electron chi connectivity index (χ0n) is 11.8. The van der Waals surface area contributed by atoms with Crippen molar-refractivity contribution < 1.29 is 13.5 Å². The summed E-state index contributed by atoms with van der Waals surface area (Å²) in [6.45, 7) is 4.50. The first kappa shape index (κ1) is 15.9. The lowest BCUT2D eigenvalue weighted by Gasteiger charge is -2.22. The Morgan fingerprint density at radius 2 is 2.00 bits per heavy atom. The van der Waals surface area contributed by atoms with Crippen molar-refractivity contribution in [1.29, 1.82) is 0 Å². The predicted octanol–water partition coefficient (Wildman–Crippen LogP) is 2.68. The summed E-state index contributed by atoms with van der Waals surface area (Å²) in [4.78, 5) is 0.296. The van der Waals surface area contributed by atoms with Gasteiger partial charge in [0.2, 0.25) is 10.0 Å². The number of halogens is 1. The molecular weight excluding hydrogens is 342 g/mol. The van der Waals surface area contributed by atoms with Crippen molar-refractivity contribution in [2.75, 3.05) is 13.1 Å². The molecule has 1 saturated heterocycles. The third-order valence-corrected chi connectivity index (χ3v) is 6.60. The number of hydrogen-bond donors (Lipinski definition) is 1. The summed E-state index contributed by atoms with van der Waals surface area (Å²) in [5.41, 5.74) is 0.240. The molecule has 0 spiro atoms. The fourth-order valence-electron chi connectivity index (χ4n) is 2.43. The first-order chi connectivity index (χ1) is 9.22. The van der Waals surface area contributed by atoms with E-state index >= 15 is 0 Å². The highest BCUT2D eigenvalue weighted by Gasteiger charge is 2.32. The number of nitrogens with zero attached hydrogens (tertiary/aromatic N) is 1. The molecule has 1 unspecified atom stereocenters. The Balaban J connectivity index is 2.30. The second-order valence-corrected chi connectivity index (χ2v) is 8.45. The highest BCUT2D eigenvalue weighted by Crippen LogP contribution is 2.29. The van der Waals surface area contributed by atoms with Gasteiger partial charge in [0.25, 0.3) is 0 Å². The molecule has 1 aliphatic heterocycles. The number of aliphatic hydroxyl groups is 1. The van der Waals surface area contributed by atoms with Gasteiger partial charge in [-0.1, -0.05) is 6.07 Å². The average Bonchev–Trinajstić information content (AvgIpc) is 2.50. The van der Waals surface area contributed by atoms with E-state index in [1.54, 1.807) is 25.1 Å². The minimum Gasteiger partial charge on any atom is -0.390 e. The number of sulfonamides is 1. The summed E-state index contributed by atoms with van der Waals surface area (Å²) in [7, 11) is -3.51. The predicted molar refractivity (Wildman–Crippen MR) is 82.1 cm³/mol. The van der Waals surface area contributed by atoms with Crippen LogP contribution in [0.15, 0.2) is 27.6 Å². The Morgan fingerprint density at radius 1 is 1.30 bits per heavy atom. The third kappa shape index (κ3) is 3.42. The maximum atomic E-state index is 12.7. The summed E-state index contributed by atoms with van der Waals surface area (Å²) >= 11 is 3.34. The molecule has 20 heavy (non-hydrogen) atoms. The van der Waals surface area contributed by atoms with Crippen molar-refractivity contribution in [1.82, 2.24) is 4.31 Å². The van der Waals surface area contributed by atoms with Gasteiger partial charge in [-0.2, -0.15) is 4.31 Å². The molecule has 0 amide bonds. The molecule has 6 heteroatoms. The third-order valence-electron chi connectivity index (χ3n) is 3.73. The molecule has 1 aromatic rings. The lowest BCUT2D eigenvalue weighted by molar-refractivity contribution is 0.0465. The maximum absolute atomic E-state index is 12.7. The first-order valence-electron chi connectivity index (χ1n) is 6.71. The van der Waals surface area contributed by atoms with Gasteiger partial charge in [-0.3, -0.25) is 0 Å². The Hall–Kier alpha value is -0.430. The van der Waals surface area contributed by atoms with Crippen LogP contribution in [0.1, 0.15) is 31.7 Å². The van der Waals surface area contributed by atoms with Crippen molar-refractivity contribution in [3.8, 4) is 0 Å². The molecule has 0 bridgehead atoms. The van der Waals surface area contributed by atoms with Crippen molar-refractivity contribution in [3.63, 3.8) is 0 Å². The van der Waals surface area contributed by atoms with Gasteiger partial charge in [0.05, 0.1) is 10.5 Å². The van der Waals surface area contributed by atoms with Crippen LogP contribution in [0.2, 0.25) is 0 Å². The number of benzene rings is 1. The van der Waals surface area contributed by atoms with E-state index in [0.717, 1.165) is 5.56 Å². The number of rotatable bonds is 2. The summed E-state index contributed by atoms with van der Waals surface area (Å²) in [5, 5.41) is 10.1. The van der Waals surface area contributed by atoms with Crippen molar-refractivity contribution >= 4 is 26.0 Å². The molecule has 1 aromatic carbocycles. The van der Waals surface area contributed by atoms with Crippen LogP contribution in [-0.2, 0) is 10.0 Å². The smallest absolute Gasteiger partial charge is 0.244 e. The summed E-state index contributed by atoms with van der Waals surface area (Å²) in [5.74, 6) is 0. The Bertz CT molecular complexity index is 598. The van der Waals surface area contributed by atoms with Gasteiger partial charge >= 0.3 is 0 Å². The van der Waals surface area contributed by atoms with Gasteiger partial charge in [0, 0.05) is 17.6 Å². The quantitative estimate of drug-likeness (QED) is 0.880. The van der Waals surface area contributed by atoms with Crippen LogP contribution in [0.5, 0.6) is 0 Å².